The molecule has 0 bridgehead atoms. The minimum absolute atomic E-state index is 0. The van der Waals surface area contributed by atoms with Gasteiger partial charge in [0.2, 0.25) is 0 Å². The van der Waals surface area contributed by atoms with Crippen LogP contribution in [0.3, 0.4) is 0 Å². The first-order valence-corrected chi connectivity index (χ1v) is 3.33. The zero-order valence-electron chi connectivity index (χ0n) is 11.1. The van der Waals surface area contributed by atoms with Gasteiger partial charge >= 0.3 is 0 Å². The molecule has 0 aliphatic heterocycles. The smallest absolute Gasteiger partial charge is 0 e. The van der Waals surface area contributed by atoms with E-state index in [1.165, 1.54) is 0 Å². The van der Waals surface area contributed by atoms with E-state index in [2.05, 4.69) is 46.7 Å². The van der Waals surface area contributed by atoms with Gasteiger partial charge in [0.1, 0.15) is 0 Å². The first-order chi connectivity index (χ1) is 6.00. The van der Waals surface area contributed by atoms with Crippen molar-refractivity contribution in [2.75, 3.05) is 0 Å². The van der Waals surface area contributed by atoms with Crippen molar-refractivity contribution in [2.24, 2.45) is 46.7 Å². The second-order valence-corrected chi connectivity index (χ2v) is 0. The van der Waals surface area contributed by atoms with Crippen molar-refractivity contribution >= 4 is 0 Å². The average Bonchev–Trinajstić information content (AvgIpc) is 2.33. The molecule has 0 aromatic heterocycles. The minimum atomic E-state index is 0. The molecule has 0 unspecified atom stereocenters. The molecule has 24 N–H and O–H groups in total. The maximum atomic E-state index is 4.00. The van der Waals surface area contributed by atoms with Gasteiger partial charge in [0.05, 0.1) is 0 Å². The molecule has 0 atom stereocenters. The summed E-state index contributed by atoms with van der Waals surface area (Å²) in [6, 6.07) is 0. The molecule has 0 amide bonds. The minimum Gasteiger partial charge on any atom is -0.693 e. The van der Waals surface area contributed by atoms with Gasteiger partial charge in [-0.2, -0.15) is 0 Å². The number of hydrogen-bond donors (Lipinski definition) is 10. The molecule has 0 aliphatic rings. The quantitative estimate of drug-likeness (QED) is 0.145. The van der Waals surface area contributed by atoms with E-state index >= 15 is 0 Å². The monoisotopic (exact) mass is 492 g/mol. The van der Waals surface area contributed by atoms with Gasteiger partial charge in [-0.15, -0.1) is 0 Å². The van der Waals surface area contributed by atoms with Crippen LogP contribution in [0.25, 0.3) is 6.15 Å². The van der Waals surface area contributed by atoms with Gasteiger partial charge < -0.3 is 18.5 Å². The van der Waals surface area contributed by atoms with E-state index in [0.717, 1.165) is 0 Å². The number of nitrogens with two attached hydrogens (primary N) is 9. The maximum absolute atomic E-state index is 4.00. The van der Waals surface area contributed by atoms with Crippen LogP contribution in [0.2, 0.25) is 0 Å². The molecule has 17 heavy (non-hydrogen) atoms. The molecule has 0 radical (unpaired) electrons. The Morgan fingerprint density at radius 2 is 0.471 bits per heavy atom. The van der Waals surface area contributed by atoms with Crippen LogP contribution in [-0.2, 0) is 0 Å². The molecule has 0 aromatic rings. The standard InChI is InChI=1S/2C2H6.CH4.4H4N2.2H3N.H2N.U/c2*1-2;;4*1-2;;;;/h2*1-2H3;1H4;4*1-2H2;2*1H3;1H2;/q;;;;;;;;;-1;. The van der Waals surface area contributed by atoms with Crippen LogP contribution in [0.15, 0.2) is 0 Å². The van der Waals surface area contributed by atoms with E-state index < -0.39 is 0 Å². The predicted octanol–water partition coefficient (Wildman–Crippen LogP) is -0.995. The Morgan fingerprint density at radius 3 is 0.471 bits per heavy atom. The third kappa shape index (κ3) is 9470. The molecule has 12 heteroatoms. The number of rotatable bonds is 0. The van der Waals surface area contributed by atoms with E-state index in [1.807, 2.05) is 27.7 Å². The summed E-state index contributed by atoms with van der Waals surface area (Å²) in [6.45, 7) is 8.00. The van der Waals surface area contributed by atoms with Crippen molar-refractivity contribution in [3.05, 3.63) is 6.15 Å². The zero-order valence-corrected chi connectivity index (χ0v) is 15.3. The molecule has 0 rings (SSSR count). The van der Waals surface area contributed by atoms with Crippen LogP contribution in [0.1, 0.15) is 35.1 Å². The van der Waals surface area contributed by atoms with Crippen molar-refractivity contribution in [2.45, 2.75) is 35.1 Å². The Hall–Kier alpha value is 0.612. The van der Waals surface area contributed by atoms with Gasteiger partial charge in [-0.1, -0.05) is 35.1 Å². The summed E-state index contributed by atoms with van der Waals surface area (Å²) in [7, 11) is 0. The molecule has 0 aromatic carbocycles. The molecule has 0 heterocycles. The Kier molecular flexibility index (Phi) is 70700. The fourth-order valence-electron chi connectivity index (χ4n) is 0. The fourth-order valence-corrected chi connectivity index (χ4v) is 0. The Balaban J connectivity index is -0.00000000267. The summed E-state index contributed by atoms with van der Waals surface area (Å²) < 4.78 is 0. The fraction of sp³-hybridized carbons (Fsp3) is 1.00. The summed E-state index contributed by atoms with van der Waals surface area (Å²) in [4.78, 5) is 0. The predicted molar refractivity (Wildman–Crippen MR) is 78.3 cm³/mol. The van der Waals surface area contributed by atoms with Crippen molar-refractivity contribution in [1.29, 1.82) is 0 Å². The summed E-state index contributed by atoms with van der Waals surface area (Å²) in [5.41, 5.74) is 0. The van der Waals surface area contributed by atoms with Crippen molar-refractivity contribution in [3.8, 4) is 0 Å². The van der Waals surface area contributed by atoms with E-state index in [1.54, 1.807) is 0 Å². The van der Waals surface area contributed by atoms with Crippen LogP contribution >= 0.6 is 0 Å². The first kappa shape index (κ1) is 111. The second kappa shape index (κ2) is 10800. The van der Waals surface area contributed by atoms with Crippen LogP contribution in [0.4, 0.5) is 0 Å². The molecule has 0 aliphatic carbocycles. The first-order valence-electron chi connectivity index (χ1n) is 3.33. The van der Waals surface area contributed by atoms with Crippen LogP contribution in [0.5, 0.6) is 0 Å². The molecule has 0 spiro atoms. The zero-order chi connectivity index (χ0) is 12.0. The second-order valence-electron chi connectivity index (χ2n) is 0. The van der Waals surface area contributed by atoms with Gasteiger partial charge in [0, 0.05) is 31.1 Å². The van der Waals surface area contributed by atoms with Gasteiger partial charge in [-0.3, -0.25) is 46.7 Å². The van der Waals surface area contributed by atoms with E-state index in [0.29, 0.717) is 0 Å². The molecular formula is C5H40N11U-. The molecular weight excluding hydrogens is 452 g/mol. The molecule has 0 fully saturated rings. The SMILES string of the molecule is C.CC.CC.N.N.NN.NN.NN.NN.[NH2-].[U]. The summed E-state index contributed by atoms with van der Waals surface area (Å²) >= 11 is 0. The molecule has 11 nitrogen and oxygen atoms in total. The summed E-state index contributed by atoms with van der Waals surface area (Å²) in [5, 5.41) is 0. The van der Waals surface area contributed by atoms with Gasteiger partial charge in [0.25, 0.3) is 0 Å². The molecule has 0 saturated heterocycles. The van der Waals surface area contributed by atoms with Gasteiger partial charge in [-0.05, 0) is 0 Å². The van der Waals surface area contributed by atoms with Crippen molar-refractivity contribution in [3.63, 3.8) is 0 Å². The normalized spacial score (nSPS) is 2.12. The summed E-state index contributed by atoms with van der Waals surface area (Å²) in [6.07, 6.45) is 0. The van der Waals surface area contributed by atoms with Crippen LogP contribution in [0, 0.1) is 31.1 Å². The summed E-state index contributed by atoms with van der Waals surface area (Å²) in [5.74, 6) is 32.0. The third-order valence-electron chi connectivity index (χ3n) is 0. The van der Waals surface area contributed by atoms with Crippen molar-refractivity contribution < 1.29 is 31.1 Å². The topological polar surface area (TPSA) is 312 Å². The van der Waals surface area contributed by atoms with E-state index in [-0.39, 0.29) is 57.0 Å². The maximum Gasteiger partial charge on any atom is 0 e. The van der Waals surface area contributed by atoms with E-state index in [9.17, 15) is 0 Å². The molecule has 120 valence electrons. The number of hydrogen-bond acceptors (Lipinski definition) is 10. The van der Waals surface area contributed by atoms with E-state index in [4.69, 9.17) is 0 Å². The average molecular weight is 492 g/mol. The molecule has 0 saturated carbocycles. The largest absolute Gasteiger partial charge is 0.693 e. The Bertz CT molecular complexity index is 19.8. The van der Waals surface area contributed by atoms with Gasteiger partial charge in [-0.25, -0.2) is 0 Å². The Morgan fingerprint density at radius 1 is 0.471 bits per heavy atom. The van der Waals surface area contributed by atoms with Gasteiger partial charge in [0.15, 0.2) is 0 Å². The Labute approximate surface area is 131 Å². The van der Waals surface area contributed by atoms with Crippen LogP contribution in [-0.4, -0.2) is 0 Å². The van der Waals surface area contributed by atoms with Crippen LogP contribution < -0.4 is 59.0 Å². The van der Waals surface area contributed by atoms with Crippen molar-refractivity contribution in [1.82, 2.24) is 12.3 Å². The third-order valence-corrected chi connectivity index (χ3v) is 0. The number of hydrazine groups is 4.